The molecule has 0 bridgehead atoms. The van der Waals surface area contributed by atoms with Gasteiger partial charge in [0, 0.05) is 37.7 Å². The van der Waals surface area contributed by atoms with Crippen molar-refractivity contribution in [1.82, 2.24) is 19.8 Å². The molecule has 3 rings (SSSR count). The van der Waals surface area contributed by atoms with Crippen molar-refractivity contribution >= 4 is 34.5 Å². The summed E-state index contributed by atoms with van der Waals surface area (Å²) in [5.74, 6) is 2.94. The second-order valence-corrected chi connectivity index (χ2v) is 7.91. The summed E-state index contributed by atoms with van der Waals surface area (Å²) in [6.45, 7) is 6.77. The fraction of sp³-hybridized carbons (Fsp3) is 0.455. The van der Waals surface area contributed by atoms with Gasteiger partial charge in [-0.25, -0.2) is 4.98 Å². The Bertz CT molecular complexity index is 929. The van der Waals surface area contributed by atoms with Gasteiger partial charge in [0.25, 0.3) is 0 Å². The number of fused-ring (bicyclic) bond motifs is 1. The molecule has 1 unspecified atom stereocenters. The Hall–Kier alpha value is -2.49. The number of terminal acetylenes is 1. The minimum atomic E-state index is -0.113. The smallest absolute Gasteiger partial charge is 0.247 e. The molecule has 7 heteroatoms. The summed E-state index contributed by atoms with van der Waals surface area (Å²) in [5.41, 5.74) is 8.51. The molecule has 0 saturated carbocycles. The van der Waals surface area contributed by atoms with Crippen LogP contribution >= 0.6 is 11.6 Å². The van der Waals surface area contributed by atoms with E-state index in [1.165, 1.54) is 0 Å². The third-order valence-corrected chi connectivity index (χ3v) is 5.61. The van der Waals surface area contributed by atoms with E-state index in [2.05, 4.69) is 32.3 Å². The van der Waals surface area contributed by atoms with Gasteiger partial charge in [0.2, 0.25) is 11.9 Å². The van der Waals surface area contributed by atoms with Crippen molar-refractivity contribution in [2.75, 3.05) is 31.9 Å². The maximum absolute atomic E-state index is 12.3. The van der Waals surface area contributed by atoms with Crippen molar-refractivity contribution in [3.63, 3.8) is 0 Å². The molecule has 6 nitrogen and oxygen atoms in total. The Labute approximate surface area is 177 Å². The van der Waals surface area contributed by atoms with E-state index < -0.39 is 0 Å². The van der Waals surface area contributed by atoms with Crippen molar-refractivity contribution in [1.29, 1.82) is 0 Å². The van der Waals surface area contributed by atoms with Crippen LogP contribution in [0.4, 0.5) is 5.95 Å². The lowest BCUT2D eigenvalue weighted by atomic mass is 10.1. The fourth-order valence-corrected chi connectivity index (χ4v) is 4.16. The van der Waals surface area contributed by atoms with Crippen molar-refractivity contribution in [3.05, 3.63) is 35.4 Å². The number of anilines is 1. The van der Waals surface area contributed by atoms with E-state index in [9.17, 15) is 4.79 Å². The second-order valence-electron chi connectivity index (χ2n) is 7.50. The molecule has 1 aliphatic heterocycles. The standard InChI is InChI=1S/C22H28ClN5O/c1-3-4-6-12-25-21(29)16(2)14-27-13-7-5-9-17(15-27)28-20-18(23)10-8-11-19(20)26-22(28)24/h1,8,10-11,17H,2,4-7,9,12-15H2,(H2,24,26)(H,25,29). The fourth-order valence-electron chi connectivity index (χ4n) is 3.90. The molecule has 1 aromatic heterocycles. The number of amides is 1. The summed E-state index contributed by atoms with van der Waals surface area (Å²) < 4.78 is 2.05. The highest BCUT2D eigenvalue weighted by atomic mass is 35.5. The molecule has 29 heavy (non-hydrogen) atoms. The lowest BCUT2D eigenvalue weighted by molar-refractivity contribution is -0.117. The van der Waals surface area contributed by atoms with E-state index in [0.29, 0.717) is 36.1 Å². The highest BCUT2D eigenvalue weighted by molar-refractivity contribution is 6.35. The molecular weight excluding hydrogens is 386 g/mol. The third-order valence-electron chi connectivity index (χ3n) is 5.30. The maximum atomic E-state index is 12.3. The lowest BCUT2D eigenvalue weighted by Gasteiger charge is -2.26. The molecule has 3 N–H and O–H groups in total. The van der Waals surface area contributed by atoms with Gasteiger partial charge in [-0.15, -0.1) is 12.3 Å². The number of carbonyl (C=O) groups excluding carboxylic acids is 1. The molecular formula is C22H28ClN5O. The Kier molecular flexibility index (Phi) is 7.18. The Morgan fingerprint density at radius 3 is 3.07 bits per heavy atom. The lowest BCUT2D eigenvalue weighted by Crippen LogP contribution is -2.36. The van der Waals surface area contributed by atoms with E-state index in [-0.39, 0.29) is 11.9 Å². The number of halogens is 1. The zero-order valence-corrected chi connectivity index (χ0v) is 17.4. The van der Waals surface area contributed by atoms with E-state index in [1.54, 1.807) is 0 Å². The van der Waals surface area contributed by atoms with Crippen LogP contribution in [0.5, 0.6) is 0 Å². The summed E-state index contributed by atoms with van der Waals surface area (Å²) in [7, 11) is 0. The molecule has 1 amide bonds. The summed E-state index contributed by atoms with van der Waals surface area (Å²) in [6, 6.07) is 5.82. The quantitative estimate of drug-likeness (QED) is 0.414. The van der Waals surface area contributed by atoms with Gasteiger partial charge in [-0.2, -0.15) is 0 Å². The van der Waals surface area contributed by atoms with E-state index >= 15 is 0 Å². The van der Waals surface area contributed by atoms with Crippen LogP contribution < -0.4 is 11.1 Å². The predicted octanol–water partition coefficient (Wildman–Crippen LogP) is 3.38. The Balaban J connectivity index is 1.70. The van der Waals surface area contributed by atoms with Gasteiger partial charge in [0.15, 0.2) is 0 Å². The van der Waals surface area contributed by atoms with Gasteiger partial charge in [0.05, 0.1) is 16.1 Å². The van der Waals surface area contributed by atoms with Gasteiger partial charge in [-0.1, -0.05) is 30.7 Å². The second kappa shape index (κ2) is 9.82. The molecule has 0 spiro atoms. The molecule has 0 aliphatic carbocycles. The van der Waals surface area contributed by atoms with Gasteiger partial charge in [0.1, 0.15) is 0 Å². The molecule has 2 aromatic rings. The number of rotatable bonds is 7. The molecule has 1 aliphatic rings. The number of likely N-dealkylation sites (tertiary alicyclic amines) is 1. The number of imidazole rings is 1. The Morgan fingerprint density at radius 1 is 1.45 bits per heavy atom. The van der Waals surface area contributed by atoms with Crippen LogP contribution in [0, 0.1) is 12.3 Å². The van der Waals surface area contributed by atoms with Crippen LogP contribution in [0.3, 0.4) is 0 Å². The first-order valence-corrected chi connectivity index (χ1v) is 10.4. The summed E-state index contributed by atoms with van der Waals surface area (Å²) in [5, 5.41) is 3.54. The molecule has 1 atom stereocenters. The van der Waals surface area contributed by atoms with E-state index in [4.69, 9.17) is 23.8 Å². The van der Waals surface area contributed by atoms with Gasteiger partial charge in [-0.3, -0.25) is 9.69 Å². The number of nitrogens with zero attached hydrogens (tertiary/aromatic N) is 3. The van der Waals surface area contributed by atoms with Crippen molar-refractivity contribution < 1.29 is 4.79 Å². The van der Waals surface area contributed by atoms with Crippen LogP contribution in [0.2, 0.25) is 5.02 Å². The highest BCUT2D eigenvalue weighted by Gasteiger charge is 2.25. The number of nitrogens with one attached hydrogen (secondary N) is 1. The number of benzene rings is 1. The number of aromatic nitrogens is 2. The number of carbonyl (C=O) groups is 1. The van der Waals surface area contributed by atoms with E-state index in [0.717, 1.165) is 49.8 Å². The van der Waals surface area contributed by atoms with Gasteiger partial charge < -0.3 is 15.6 Å². The number of hydrogen-bond acceptors (Lipinski definition) is 4. The molecule has 1 saturated heterocycles. The number of nitrogens with two attached hydrogens (primary N) is 1. The van der Waals surface area contributed by atoms with Crippen molar-refractivity contribution in [2.24, 2.45) is 0 Å². The largest absolute Gasteiger partial charge is 0.369 e. The summed E-state index contributed by atoms with van der Waals surface area (Å²) >= 11 is 6.46. The van der Waals surface area contributed by atoms with Crippen LogP contribution in [-0.4, -0.2) is 46.5 Å². The molecule has 2 heterocycles. The number of hydrogen-bond donors (Lipinski definition) is 2. The summed E-state index contributed by atoms with van der Waals surface area (Å²) in [6.07, 6.45) is 9.80. The Morgan fingerprint density at radius 2 is 2.28 bits per heavy atom. The van der Waals surface area contributed by atoms with Crippen LogP contribution in [-0.2, 0) is 4.79 Å². The van der Waals surface area contributed by atoms with Crippen molar-refractivity contribution in [2.45, 2.75) is 38.1 Å². The van der Waals surface area contributed by atoms with Crippen LogP contribution in [0.1, 0.15) is 38.1 Å². The first-order valence-electron chi connectivity index (χ1n) is 10.0. The number of para-hydroxylation sites is 1. The minimum Gasteiger partial charge on any atom is -0.369 e. The normalized spacial score (nSPS) is 17.6. The van der Waals surface area contributed by atoms with Gasteiger partial charge in [-0.05, 0) is 37.9 Å². The van der Waals surface area contributed by atoms with Gasteiger partial charge >= 0.3 is 0 Å². The predicted molar refractivity (Wildman–Crippen MR) is 119 cm³/mol. The first-order chi connectivity index (χ1) is 14.0. The van der Waals surface area contributed by atoms with E-state index in [1.807, 2.05) is 18.2 Å². The first kappa shape index (κ1) is 21.2. The number of unbranched alkanes of at least 4 members (excludes halogenated alkanes) is 1. The minimum absolute atomic E-state index is 0.113. The maximum Gasteiger partial charge on any atom is 0.247 e. The SMILES string of the molecule is C#CCCCNC(=O)C(=C)CN1CCCCC(n2c(N)nc3cccc(Cl)c32)C1. The molecule has 1 aromatic carbocycles. The average Bonchev–Trinajstić information content (AvgIpc) is 2.88. The van der Waals surface area contributed by atoms with Crippen molar-refractivity contribution in [3.8, 4) is 12.3 Å². The molecule has 1 fully saturated rings. The summed E-state index contributed by atoms with van der Waals surface area (Å²) in [4.78, 5) is 19.1. The monoisotopic (exact) mass is 413 g/mol. The molecule has 0 radical (unpaired) electrons. The zero-order valence-electron chi connectivity index (χ0n) is 16.7. The molecule has 154 valence electrons. The number of nitrogen functional groups attached to an aromatic ring is 1. The topological polar surface area (TPSA) is 76.2 Å². The van der Waals surface area contributed by atoms with Crippen LogP contribution in [0.25, 0.3) is 11.0 Å². The average molecular weight is 414 g/mol. The highest BCUT2D eigenvalue weighted by Crippen LogP contribution is 2.32. The third kappa shape index (κ3) is 5.11. The van der Waals surface area contributed by atoms with Crippen LogP contribution in [0.15, 0.2) is 30.4 Å². The zero-order chi connectivity index (χ0) is 20.8.